The van der Waals surface area contributed by atoms with Crippen molar-refractivity contribution in [1.29, 1.82) is 0 Å². The summed E-state index contributed by atoms with van der Waals surface area (Å²) in [6.07, 6.45) is -3.67. The minimum atomic E-state index is -4.52. The summed E-state index contributed by atoms with van der Waals surface area (Å²) in [5, 5.41) is 9.54. The lowest BCUT2D eigenvalue weighted by Gasteiger charge is -2.11. The van der Waals surface area contributed by atoms with Gasteiger partial charge in [-0.05, 0) is 35.4 Å². The number of carboxylic acid groups (broad SMARTS) is 1. The van der Waals surface area contributed by atoms with Gasteiger partial charge in [0.15, 0.2) is 0 Å². The molecule has 0 saturated carbocycles. The molecular formula is C18H12F3NO2S. The zero-order valence-corrected chi connectivity index (χ0v) is 13.6. The zero-order valence-electron chi connectivity index (χ0n) is 12.7. The van der Waals surface area contributed by atoms with Crippen LogP contribution in [0.5, 0.6) is 0 Å². The molecule has 0 aliphatic rings. The average Bonchev–Trinajstić information content (AvgIpc) is 2.97. The molecule has 128 valence electrons. The summed E-state index contributed by atoms with van der Waals surface area (Å²) in [5.74, 6) is -1.13. The second-order valence-corrected chi connectivity index (χ2v) is 6.34. The standard InChI is InChI=1S/C18H12F3NO2S/c19-18(20,21)13-6-2-1-5-11(13)9-12(10-16(23)24)17-22-14-7-3-4-8-15(14)25-17/h1-9H,10H2,(H,23,24). The van der Waals surface area contributed by atoms with E-state index in [1.165, 1.54) is 35.6 Å². The molecular weight excluding hydrogens is 351 g/mol. The quantitative estimate of drug-likeness (QED) is 0.682. The molecule has 1 N–H and O–H groups in total. The van der Waals surface area contributed by atoms with Crippen molar-refractivity contribution in [3.63, 3.8) is 0 Å². The van der Waals surface area contributed by atoms with E-state index in [9.17, 15) is 18.0 Å². The number of rotatable bonds is 4. The van der Waals surface area contributed by atoms with E-state index in [2.05, 4.69) is 4.98 Å². The summed E-state index contributed by atoms with van der Waals surface area (Å²) in [5.41, 5.74) is 0.0396. The predicted octanol–water partition coefficient (Wildman–Crippen LogP) is 5.33. The zero-order chi connectivity index (χ0) is 18.0. The van der Waals surface area contributed by atoms with Crippen molar-refractivity contribution >= 4 is 39.2 Å². The van der Waals surface area contributed by atoms with Crippen molar-refractivity contribution in [2.75, 3.05) is 0 Å². The molecule has 3 nitrogen and oxygen atoms in total. The molecule has 0 bridgehead atoms. The molecule has 0 unspecified atom stereocenters. The number of nitrogens with zero attached hydrogens (tertiary/aromatic N) is 1. The Morgan fingerprint density at radius 3 is 2.48 bits per heavy atom. The predicted molar refractivity (Wildman–Crippen MR) is 91.2 cm³/mol. The van der Waals surface area contributed by atoms with Crippen molar-refractivity contribution in [2.24, 2.45) is 0 Å². The molecule has 0 aliphatic heterocycles. The number of aromatic nitrogens is 1. The fourth-order valence-electron chi connectivity index (χ4n) is 2.43. The lowest BCUT2D eigenvalue weighted by atomic mass is 10.0. The van der Waals surface area contributed by atoms with Crippen molar-refractivity contribution < 1.29 is 23.1 Å². The van der Waals surface area contributed by atoms with E-state index in [0.717, 1.165) is 10.8 Å². The summed E-state index contributed by atoms with van der Waals surface area (Å²) in [6, 6.07) is 12.3. The molecule has 7 heteroatoms. The normalized spacial score (nSPS) is 12.5. The van der Waals surface area contributed by atoms with Crippen LogP contribution in [0.3, 0.4) is 0 Å². The second-order valence-electron chi connectivity index (χ2n) is 5.31. The number of benzene rings is 2. The van der Waals surface area contributed by atoms with Crippen LogP contribution in [0.25, 0.3) is 21.9 Å². The maximum Gasteiger partial charge on any atom is 0.416 e. The van der Waals surface area contributed by atoms with Gasteiger partial charge >= 0.3 is 12.1 Å². The SMILES string of the molecule is O=C(O)CC(=Cc1ccccc1C(F)(F)F)c1nc2ccccc2s1. The average molecular weight is 363 g/mol. The van der Waals surface area contributed by atoms with Crippen molar-refractivity contribution in [3.8, 4) is 0 Å². The maximum absolute atomic E-state index is 13.2. The molecule has 3 aromatic rings. The minimum Gasteiger partial charge on any atom is -0.481 e. The van der Waals surface area contributed by atoms with Gasteiger partial charge in [-0.15, -0.1) is 11.3 Å². The number of fused-ring (bicyclic) bond motifs is 1. The topological polar surface area (TPSA) is 50.2 Å². The number of alkyl halides is 3. The molecule has 0 atom stereocenters. The van der Waals surface area contributed by atoms with Crippen molar-refractivity contribution in [2.45, 2.75) is 12.6 Å². The van der Waals surface area contributed by atoms with Gasteiger partial charge in [0.2, 0.25) is 0 Å². The van der Waals surface area contributed by atoms with E-state index in [-0.39, 0.29) is 11.1 Å². The van der Waals surface area contributed by atoms with Crippen molar-refractivity contribution in [1.82, 2.24) is 4.98 Å². The first-order valence-corrected chi connectivity index (χ1v) is 8.11. The number of hydrogen-bond donors (Lipinski definition) is 1. The summed E-state index contributed by atoms with van der Waals surface area (Å²) in [4.78, 5) is 15.5. The molecule has 0 fully saturated rings. The van der Waals surface area contributed by atoms with Crippen LogP contribution < -0.4 is 0 Å². The fourth-order valence-corrected chi connectivity index (χ4v) is 3.41. The first kappa shape index (κ1) is 17.2. The number of aliphatic carboxylic acids is 1. The number of carboxylic acids is 1. The van der Waals surface area contributed by atoms with Gasteiger partial charge in [0.1, 0.15) is 5.01 Å². The Hall–Kier alpha value is -2.67. The summed E-state index contributed by atoms with van der Waals surface area (Å²) < 4.78 is 40.4. The molecule has 0 aliphatic carbocycles. The van der Waals surface area contributed by atoms with Gasteiger partial charge in [-0.3, -0.25) is 4.79 Å². The molecule has 3 rings (SSSR count). The Bertz CT molecular complexity index is 927. The van der Waals surface area contributed by atoms with Crippen LogP contribution in [-0.2, 0) is 11.0 Å². The first-order valence-electron chi connectivity index (χ1n) is 7.29. The number of halogens is 3. The third-order valence-corrected chi connectivity index (χ3v) is 4.62. The Morgan fingerprint density at radius 1 is 1.12 bits per heavy atom. The third-order valence-electron chi connectivity index (χ3n) is 3.51. The van der Waals surface area contributed by atoms with Gasteiger partial charge < -0.3 is 5.11 Å². The molecule has 2 aromatic carbocycles. The number of hydrogen-bond acceptors (Lipinski definition) is 3. The Balaban J connectivity index is 2.13. The van der Waals surface area contributed by atoms with E-state index in [1.54, 1.807) is 12.1 Å². The highest BCUT2D eigenvalue weighted by molar-refractivity contribution is 7.19. The van der Waals surface area contributed by atoms with Crippen LogP contribution in [-0.4, -0.2) is 16.1 Å². The maximum atomic E-state index is 13.2. The monoisotopic (exact) mass is 363 g/mol. The minimum absolute atomic E-state index is 0.0782. The van der Waals surface area contributed by atoms with E-state index in [4.69, 9.17) is 5.11 Å². The number of thiazole rings is 1. The first-order chi connectivity index (χ1) is 11.8. The third kappa shape index (κ3) is 3.88. The van der Waals surface area contributed by atoms with Gasteiger partial charge in [0.05, 0.1) is 22.2 Å². The largest absolute Gasteiger partial charge is 0.481 e. The van der Waals surface area contributed by atoms with E-state index < -0.39 is 24.1 Å². The van der Waals surface area contributed by atoms with E-state index in [0.29, 0.717) is 10.5 Å². The summed E-state index contributed by atoms with van der Waals surface area (Å²) in [7, 11) is 0. The van der Waals surface area contributed by atoms with Gasteiger partial charge in [-0.25, -0.2) is 4.98 Å². The molecule has 0 spiro atoms. The highest BCUT2D eigenvalue weighted by atomic mass is 32.1. The smallest absolute Gasteiger partial charge is 0.416 e. The fraction of sp³-hybridized carbons (Fsp3) is 0.111. The van der Waals surface area contributed by atoms with Crippen molar-refractivity contribution in [3.05, 3.63) is 64.7 Å². The van der Waals surface area contributed by atoms with Crippen LogP contribution in [0.4, 0.5) is 13.2 Å². The summed E-state index contributed by atoms with van der Waals surface area (Å²) >= 11 is 1.26. The summed E-state index contributed by atoms with van der Waals surface area (Å²) in [6.45, 7) is 0. The van der Waals surface area contributed by atoms with Gasteiger partial charge in [0, 0.05) is 0 Å². The molecule has 0 saturated heterocycles. The van der Waals surface area contributed by atoms with Crippen LogP contribution in [0.2, 0.25) is 0 Å². The molecule has 1 aromatic heterocycles. The van der Waals surface area contributed by atoms with Gasteiger partial charge in [-0.1, -0.05) is 30.3 Å². The number of carbonyl (C=O) groups is 1. The highest BCUT2D eigenvalue weighted by Gasteiger charge is 2.32. The number of para-hydroxylation sites is 1. The van der Waals surface area contributed by atoms with E-state index >= 15 is 0 Å². The van der Waals surface area contributed by atoms with Gasteiger partial charge in [0.25, 0.3) is 0 Å². The van der Waals surface area contributed by atoms with Crippen LogP contribution >= 0.6 is 11.3 Å². The molecule has 25 heavy (non-hydrogen) atoms. The Labute approximate surface area is 145 Å². The lowest BCUT2D eigenvalue weighted by molar-refractivity contribution is -0.138. The van der Waals surface area contributed by atoms with E-state index in [1.807, 2.05) is 12.1 Å². The van der Waals surface area contributed by atoms with Crippen LogP contribution in [0.15, 0.2) is 48.5 Å². The van der Waals surface area contributed by atoms with Crippen LogP contribution in [0, 0.1) is 0 Å². The second kappa shape index (κ2) is 6.68. The molecule has 0 radical (unpaired) electrons. The molecule has 0 amide bonds. The highest BCUT2D eigenvalue weighted by Crippen LogP contribution is 2.35. The Morgan fingerprint density at radius 2 is 1.80 bits per heavy atom. The molecule has 1 heterocycles. The lowest BCUT2D eigenvalue weighted by Crippen LogP contribution is -2.07. The van der Waals surface area contributed by atoms with Gasteiger partial charge in [-0.2, -0.15) is 13.2 Å². The Kier molecular flexibility index (Phi) is 4.59. The van der Waals surface area contributed by atoms with Crippen LogP contribution in [0.1, 0.15) is 22.6 Å².